The van der Waals surface area contributed by atoms with Crippen molar-refractivity contribution >= 4 is 11.6 Å². The van der Waals surface area contributed by atoms with Gasteiger partial charge in [0.25, 0.3) is 5.91 Å². The number of nitrogens with zero attached hydrogens (tertiary/aromatic N) is 3. The molecule has 0 radical (unpaired) electrons. The van der Waals surface area contributed by atoms with Crippen molar-refractivity contribution in [3.05, 3.63) is 72.8 Å². The minimum absolute atomic E-state index is 0.266. The van der Waals surface area contributed by atoms with Gasteiger partial charge in [-0.05, 0) is 49.4 Å². The highest BCUT2D eigenvalue weighted by Crippen LogP contribution is 2.16. The second-order valence-electron chi connectivity index (χ2n) is 5.41. The van der Waals surface area contributed by atoms with Crippen LogP contribution in [0.4, 0.5) is 5.69 Å². The highest BCUT2D eigenvalue weighted by atomic mass is 16.5. The Labute approximate surface area is 145 Å². The highest BCUT2D eigenvalue weighted by Gasteiger charge is 2.15. The molecule has 0 aliphatic carbocycles. The van der Waals surface area contributed by atoms with Crippen LogP contribution in [0, 0.1) is 11.3 Å². The van der Waals surface area contributed by atoms with Crippen molar-refractivity contribution in [1.29, 1.82) is 5.26 Å². The molecule has 3 rings (SSSR count). The quantitative estimate of drug-likeness (QED) is 0.778. The standard InChI is InChI=1S/C19H16N4O2/c1-14(25-18-4-2-3-15(11-18)12-20)19(24)22-16-5-7-17(8-6-16)23-10-9-21-13-23/h2-11,13-14H,1H3,(H,22,24)/t14-/m0/s1. The number of aromatic nitrogens is 2. The summed E-state index contributed by atoms with van der Waals surface area (Å²) in [4.78, 5) is 16.3. The van der Waals surface area contributed by atoms with Gasteiger partial charge in [-0.3, -0.25) is 4.79 Å². The van der Waals surface area contributed by atoms with Gasteiger partial charge >= 0.3 is 0 Å². The number of carbonyl (C=O) groups is 1. The molecule has 3 aromatic rings. The van der Waals surface area contributed by atoms with E-state index in [1.54, 1.807) is 43.7 Å². The number of rotatable bonds is 5. The van der Waals surface area contributed by atoms with E-state index >= 15 is 0 Å². The Balaban J connectivity index is 1.62. The number of carbonyl (C=O) groups excluding carboxylic acids is 1. The fraction of sp³-hybridized carbons (Fsp3) is 0.105. The number of nitrogens with one attached hydrogen (secondary N) is 1. The molecule has 0 aliphatic heterocycles. The average Bonchev–Trinajstić information content (AvgIpc) is 3.17. The van der Waals surface area contributed by atoms with E-state index in [0.717, 1.165) is 5.69 Å². The zero-order chi connectivity index (χ0) is 17.6. The normalized spacial score (nSPS) is 11.4. The molecule has 1 heterocycles. The van der Waals surface area contributed by atoms with Gasteiger partial charge in [0, 0.05) is 23.8 Å². The van der Waals surface area contributed by atoms with Gasteiger partial charge in [-0.1, -0.05) is 6.07 Å². The van der Waals surface area contributed by atoms with Crippen molar-refractivity contribution in [1.82, 2.24) is 9.55 Å². The SMILES string of the molecule is C[C@H](Oc1cccc(C#N)c1)C(=O)Nc1ccc(-n2ccnc2)cc1. The molecule has 0 saturated heterocycles. The minimum Gasteiger partial charge on any atom is -0.481 e. The number of benzene rings is 2. The Morgan fingerprint density at radius 3 is 2.76 bits per heavy atom. The Morgan fingerprint density at radius 1 is 1.28 bits per heavy atom. The lowest BCUT2D eigenvalue weighted by Crippen LogP contribution is -2.30. The van der Waals surface area contributed by atoms with Gasteiger partial charge in [-0.2, -0.15) is 5.26 Å². The van der Waals surface area contributed by atoms with Crippen LogP contribution in [0.3, 0.4) is 0 Å². The van der Waals surface area contributed by atoms with E-state index in [4.69, 9.17) is 10.00 Å². The maximum absolute atomic E-state index is 12.3. The van der Waals surface area contributed by atoms with Crippen LogP contribution in [-0.4, -0.2) is 21.6 Å². The van der Waals surface area contributed by atoms with Crippen LogP contribution in [0.1, 0.15) is 12.5 Å². The maximum atomic E-state index is 12.3. The second-order valence-corrected chi connectivity index (χ2v) is 5.41. The molecule has 2 aromatic carbocycles. The van der Waals surface area contributed by atoms with Crippen LogP contribution < -0.4 is 10.1 Å². The van der Waals surface area contributed by atoms with Crippen molar-refractivity contribution in [2.75, 3.05) is 5.32 Å². The third kappa shape index (κ3) is 4.03. The number of hydrogen-bond acceptors (Lipinski definition) is 4. The smallest absolute Gasteiger partial charge is 0.265 e. The summed E-state index contributed by atoms with van der Waals surface area (Å²) in [6.45, 7) is 1.66. The van der Waals surface area contributed by atoms with Crippen LogP contribution in [0.15, 0.2) is 67.3 Å². The van der Waals surface area contributed by atoms with Crippen molar-refractivity contribution in [3.8, 4) is 17.5 Å². The van der Waals surface area contributed by atoms with Crippen molar-refractivity contribution in [2.45, 2.75) is 13.0 Å². The molecule has 1 aromatic heterocycles. The zero-order valence-electron chi connectivity index (χ0n) is 13.6. The summed E-state index contributed by atoms with van der Waals surface area (Å²) in [6.07, 6.45) is 4.57. The summed E-state index contributed by atoms with van der Waals surface area (Å²) in [5.74, 6) is 0.217. The summed E-state index contributed by atoms with van der Waals surface area (Å²) in [7, 11) is 0. The lowest BCUT2D eigenvalue weighted by atomic mass is 10.2. The van der Waals surface area contributed by atoms with Gasteiger partial charge in [0.1, 0.15) is 5.75 Å². The molecule has 6 nitrogen and oxygen atoms in total. The fourth-order valence-electron chi connectivity index (χ4n) is 2.27. The number of hydrogen-bond donors (Lipinski definition) is 1. The first-order valence-electron chi connectivity index (χ1n) is 7.72. The molecule has 124 valence electrons. The highest BCUT2D eigenvalue weighted by molar-refractivity contribution is 5.94. The molecule has 0 spiro atoms. The molecule has 0 saturated carbocycles. The number of amides is 1. The lowest BCUT2D eigenvalue weighted by molar-refractivity contribution is -0.122. The first kappa shape index (κ1) is 16.3. The van der Waals surface area contributed by atoms with Gasteiger partial charge in [0.05, 0.1) is 18.0 Å². The Hall–Kier alpha value is -3.59. The van der Waals surface area contributed by atoms with Crippen LogP contribution in [0.5, 0.6) is 5.75 Å². The molecule has 1 N–H and O–H groups in total. The van der Waals surface area contributed by atoms with Gasteiger partial charge in [0.2, 0.25) is 0 Å². The molecule has 0 aliphatic rings. The summed E-state index contributed by atoms with van der Waals surface area (Å²) in [6, 6.07) is 16.2. The van der Waals surface area contributed by atoms with Crippen molar-refractivity contribution in [3.63, 3.8) is 0 Å². The molecule has 0 bridgehead atoms. The second kappa shape index (κ2) is 7.32. The van der Waals surface area contributed by atoms with Gasteiger partial charge in [-0.15, -0.1) is 0 Å². The number of imidazole rings is 1. The van der Waals surface area contributed by atoms with E-state index in [9.17, 15) is 4.79 Å². The van der Waals surface area contributed by atoms with Crippen LogP contribution in [0.2, 0.25) is 0 Å². The van der Waals surface area contributed by atoms with Crippen molar-refractivity contribution < 1.29 is 9.53 Å². The first-order valence-corrected chi connectivity index (χ1v) is 7.72. The van der Waals surface area contributed by atoms with Gasteiger partial charge in [-0.25, -0.2) is 4.98 Å². The lowest BCUT2D eigenvalue weighted by Gasteiger charge is -2.15. The molecule has 25 heavy (non-hydrogen) atoms. The van der Waals surface area contributed by atoms with Crippen LogP contribution in [0.25, 0.3) is 5.69 Å². The monoisotopic (exact) mass is 332 g/mol. The summed E-state index contributed by atoms with van der Waals surface area (Å²) in [5.41, 5.74) is 2.11. The summed E-state index contributed by atoms with van der Waals surface area (Å²) in [5, 5.41) is 11.7. The Morgan fingerprint density at radius 2 is 2.08 bits per heavy atom. The molecule has 0 fully saturated rings. The molecule has 6 heteroatoms. The van der Waals surface area contributed by atoms with E-state index in [2.05, 4.69) is 10.3 Å². The van der Waals surface area contributed by atoms with E-state index in [1.165, 1.54) is 0 Å². The molecule has 1 amide bonds. The van der Waals surface area contributed by atoms with E-state index in [0.29, 0.717) is 17.0 Å². The summed E-state index contributed by atoms with van der Waals surface area (Å²) < 4.78 is 7.47. The summed E-state index contributed by atoms with van der Waals surface area (Å²) >= 11 is 0. The van der Waals surface area contributed by atoms with E-state index < -0.39 is 6.10 Å². The molecular formula is C19H16N4O2. The first-order chi connectivity index (χ1) is 12.2. The van der Waals surface area contributed by atoms with Gasteiger partial charge < -0.3 is 14.6 Å². The van der Waals surface area contributed by atoms with Crippen molar-refractivity contribution in [2.24, 2.45) is 0 Å². The van der Waals surface area contributed by atoms with Crippen LogP contribution in [-0.2, 0) is 4.79 Å². The molecule has 1 atom stereocenters. The Kier molecular flexibility index (Phi) is 4.77. The van der Waals surface area contributed by atoms with E-state index in [-0.39, 0.29) is 5.91 Å². The topological polar surface area (TPSA) is 79.9 Å². The predicted octanol–water partition coefficient (Wildman–Crippen LogP) is 3.15. The number of anilines is 1. The zero-order valence-corrected chi connectivity index (χ0v) is 13.6. The molecular weight excluding hydrogens is 316 g/mol. The third-order valence-electron chi connectivity index (χ3n) is 3.58. The fourth-order valence-corrected chi connectivity index (χ4v) is 2.27. The predicted molar refractivity (Wildman–Crippen MR) is 93.4 cm³/mol. The largest absolute Gasteiger partial charge is 0.481 e. The van der Waals surface area contributed by atoms with Gasteiger partial charge in [0.15, 0.2) is 6.10 Å². The minimum atomic E-state index is -0.692. The molecule has 0 unspecified atom stereocenters. The Bertz CT molecular complexity index is 896. The average molecular weight is 332 g/mol. The number of nitriles is 1. The third-order valence-corrected chi connectivity index (χ3v) is 3.58. The number of ether oxygens (including phenoxy) is 1. The van der Waals surface area contributed by atoms with Crippen LogP contribution >= 0.6 is 0 Å². The van der Waals surface area contributed by atoms with E-state index in [1.807, 2.05) is 41.1 Å². The maximum Gasteiger partial charge on any atom is 0.265 e.